The number of nitrogens with zero attached hydrogens (tertiary/aromatic N) is 5. The van der Waals surface area contributed by atoms with E-state index >= 15 is 0 Å². The van der Waals surface area contributed by atoms with Crippen LogP contribution in [0.3, 0.4) is 0 Å². The van der Waals surface area contributed by atoms with Gasteiger partial charge in [-0.15, -0.1) is 5.10 Å². The average Bonchev–Trinajstić information content (AvgIpc) is 2.89. The van der Waals surface area contributed by atoms with Gasteiger partial charge in [-0.05, 0) is 40.8 Å². The van der Waals surface area contributed by atoms with Crippen LogP contribution in [0.2, 0.25) is 10.0 Å². The Hall–Kier alpha value is -1.98. The van der Waals surface area contributed by atoms with Crippen molar-refractivity contribution in [3.8, 4) is 17.1 Å². The number of halogens is 2. The Kier molecular flexibility index (Phi) is 3.15. The largest absolute Gasteiger partial charge is 0.264 e. The van der Waals surface area contributed by atoms with Gasteiger partial charge in [0.2, 0.25) is 0 Å². The Bertz CT molecular complexity index is 711. The zero-order chi connectivity index (χ0) is 13.2. The minimum Gasteiger partial charge on any atom is -0.264 e. The van der Waals surface area contributed by atoms with E-state index in [-0.39, 0.29) is 0 Å². The number of hydrogen-bond donors (Lipinski definition) is 0. The van der Waals surface area contributed by atoms with Crippen LogP contribution >= 0.6 is 23.2 Å². The van der Waals surface area contributed by atoms with Crippen LogP contribution in [0.15, 0.2) is 42.7 Å². The molecule has 0 saturated heterocycles. The van der Waals surface area contributed by atoms with Gasteiger partial charge in [0.15, 0.2) is 5.82 Å². The van der Waals surface area contributed by atoms with Gasteiger partial charge >= 0.3 is 0 Å². The van der Waals surface area contributed by atoms with Crippen molar-refractivity contribution in [2.24, 2.45) is 0 Å². The molecule has 0 aliphatic rings. The van der Waals surface area contributed by atoms with Crippen LogP contribution < -0.4 is 0 Å². The molecule has 2 heterocycles. The molecule has 0 fully saturated rings. The van der Waals surface area contributed by atoms with Crippen molar-refractivity contribution in [2.75, 3.05) is 0 Å². The summed E-state index contributed by atoms with van der Waals surface area (Å²) in [6, 6.07) is 8.84. The van der Waals surface area contributed by atoms with E-state index in [1.165, 1.54) is 0 Å². The predicted molar refractivity (Wildman–Crippen MR) is 72.4 cm³/mol. The fraction of sp³-hybridized carbons (Fsp3) is 0. The van der Waals surface area contributed by atoms with E-state index < -0.39 is 0 Å². The van der Waals surface area contributed by atoms with Crippen LogP contribution in [-0.4, -0.2) is 25.2 Å². The molecule has 0 N–H and O–H groups in total. The van der Waals surface area contributed by atoms with Crippen LogP contribution in [0, 0.1) is 0 Å². The highest BCUT2D eigenvalue weighted by Crippen LogP contribution is 2.26. The van der Waals surface area contributed by atoms with Crippen molar-refractivity contribution in [3.05, 3.63) is 52.8 Å². The Morgan fingerprint density at radius 1 is 1.11 bits per heavy atom. The highest BCUT2D eigenvalue weighted by molar-refractivity contribution is 6.35. The van der Waals surface area contributed by atoms with Crippen molar-refractivity contribution in [1.82, 2.24) is 25.2 Å². The van der Waals surface area contributed by atoms with Crippen LogP contribution in [0.25, 0.3) is 17.1 Å². The molecule has 3 aromatic rings. The van der Waals surface area contributed by atoms with E-state index in [1.54, 1.807) is 35.3 Å². The summed E-state index contributed by atoms with van der Waals surface area (Å²) in [7, 11) is 0. The number of aromatic nitrogens is 5. The summed E-state index contributed by atoms with van der Waals surface area (Å²) in [6.07, 6.45) is 3.37. The standard InChI is InChI=1S/C12H7Cl2N5/c13-9-3-4-11(10(14)6-9)19-12(16-17-18-19)8-2-1-5-15-7-8/h1-7H. The lowest BCUT2D eigenvalue weighted by molar-refractivity contribution is 0.791. The molecule has 0 amide bonds. The molecule has 19 heavy (non-hydrogen) atoms. The van der Waals surface area contributed by atoms with Crippen LogP contribution in [-0.2, 0) is 0 Å². The first-order valence-electron chi connectivity index (χ1n) is 5.40. The SMILES string of the molecule is Clc1ccc(-n2nnnc2-c2cccnc2)c(Cl)c1. The molecule has 2 aromatic heterocycles. The third-order valence-corrected chi connectivity index (χ3v) is 3.06. The third-order valence-electron chi connectivity index (χ3n) is 2.53. The Morgan fingerprint density at radius 3 is 2.74 bits per heavy atom. The molecule has 0 radical (unpaired) electrons. The van der Waals surface area contributed by atoms with Gasteiger partial charge in [0, 0.05) is 23.0 Å². The summed E-state index contributed by atoms with van der Waals surface area (Å²) in [5.74, 6) is 0.567. The predicted octanol–water partition coefficient (Wildman–Crippen LogP) is 3.03. The molecule has 3 rings (SSSR count). The molecule has 94 valence electrons. The molecule has 0 aliphatic carbocycles. The molecular formula is C12H7Cl2N5. The highest BCUT2D eigenvalue weighted by Gasteiger charge is 2.13. The Morgan fingerprint density at radius 2 is 2.00 bits per heavy atom. The summed E-state index contributed by atoms with van der Waals surface area (Å²) in [6.45, 7) is 0. The molecule has 0 bridgehead atoms. The second-order valence-corrected chi connectivity index (χ2v) is 4.60. The molecule has 0 aliphatic heterocycles. The van der Waals surface area contributed by atoms with Gasteiger partial charge in [0.25, 0.3) is 0 Å². The van der Waals surface area contributed by atoms with Gasteiger partial charge in [-0.1, -0.05) is 23.2 Å². The van der Waals surface area contributed by atoms with Crippen molar-refractivity contribution in [3.63, 3.8) is 0 Å². The zero-order valence-corrected chi connectivity index (χ0v) is 11.0. The molecule has 1 aromatic carbocycles. The van der Waals surface area contributed by atoms with Crippen molar-refractivity contribution in [2.45, 2.75) is 0 Å². The monoisotopic (exact) mass is 291 g/mol. The summed E-state index contributed by atoms with van der Waals surface area (Å²) in [5, 5.41) is 12.7. The minimum atomic E-state index is 0.477. The van der Waals surface area contributed by atoms with Gasteiger partial charge in [-0.3, -0.25) is 4.98 Å². The van der Waals surface area contributed by atoms with E-state index in [1.807, 2.05) is 12.1 Å². The molecule has 0 unspecified atom stereocenters. The smallest absolute Gasteiger partial charge is 0.188 e. The van der Waals surface area contributed by atoms with Crippen LogP contribution in [0.4, 0.5) is 0 Å². The number of tetrazole rings is 1. The van der Waals surface area contributed by atoms with Crippen LogP contribution in [0.5, 0.6) is 0 Å². The Balaban J connectivity index is 2.15. The maximum Gasteiger partial charge on any atom is 0.188 e. The van der Waals surface area contributed by atoms with Gasteiger partial charge in [-0.2, -0.15) is 4.68 Å². The first-order chi connectivity index (χ1) is 9.25. The zero-order valence-electron chi connectivity index (χ0n) is 9.53. The van der Waals surface area contributed by atoms with Crippen molar-refractivity contribution < 1.29 is 0 Å². The summed E-state index contributed by atoms with van der Waals surface area (Å²) >= 11 is 12.0. The van der Waals surface area contributed by atoms with E-state index in [9.17, 15) is 0 Å². The Labute approximate surface area is 118 Å². The lowest BCUT2D eigenvalue weighted by Crippen LogP contribution is -2.00. The van der Waals surface area contributed by atoms with E-state index in [0.717, 1.165) is 5.56 Å². The van der Waals surface area contributed by atoms with Gasteiger partial charge in [0.1, 0.15) is 0 Å². The molecule has 0 atom stereocenters. The number of benzene rings is 1. The second-order valence-electron chi connectivity index (χ2n) is 3.75. The van der Waals surface area contributed by atoms with Gasteiger partial charge < -0.3 is 0 Å². The number of hydrogen-bond acceptors (Lipinski definition) is 4. The van der Waals surface area contributed by atoms with E-state index in [0.29, 0.717) is 21.6 Å². The number of pyridine rings is 1. The first-order valence-corrected chi connectivity index (χ1v) is 6.15. The minimum absolute atomic E-state index is 0.477. The number of rotatable bonds is 2. The van der Waals surface area contributed by atoms with Crippen LogP contribution in [0.1, 0.15) is 0 Å². The lowest BCUT2D eigenvalue weighted by atomic mass is 10.2. The second kappa shape index (κ2) is 4.95. The van der Waals surface area contributed by atoms with Crippen molar-refractivity contribution >= 4 is 23.2 Å². The summed E-state index contributed by atoms with van der Waals surface area (Å²) < 4.78 is 1.55. The highest BCUT2D eigenvalue weighted by atomic mass is 35.5. The molecule has 0 spiro atoms. The summed E-state index contributed by atoms with van der Waals surface area (Å²) in [5.41, 5.74) is 1.47. The molecule has 5 nitrogen and oxygen atoms in total. The van der Waals surface area contributed by atoms with Crippen molar-refractivity contribution in [1.29, 1.82) is 0 Å². The van der Waals surface area contributed by atoms with E-state index in [4.69, 9.17) is 23.2 Å². The first kappa shape index (κ1) is 12.1. The van der Waals surface area contributed by atoms with Gasteiger partial charge in [0.05, 0.1) is 10.7 Å². The van der Waals surface area contributed by atoms with E-state index in [2.05, 4.69) is 20.5 Å². The quantitative estimate of drug-likeness (QED) is 0.728. The lowest BCUT2D eigenvalue weighted by Gasteiger charge is -2.06. The molecular weight excluding hydrogens is 285 g/mol. The third kappa shape index (κ3) is 2.30. The average molecular weight is 292 g/mol. The topological polar surface area (TPSA) is 56.5 Å². The fourth-order valence-electron chi connectivity index (χ4n) is 1.68. The van der Waals surface area contributed by atoms with Gasteiger partial charge in [-0.25, -0.2) is 0 Å². The normalized spacial score (nSPS) is 10.6. The maximum atomic E-state index is 6.16. The fourth-order valence-corrected chi connectivity index (χ4v) is 2.17. The maximum absolute atomic E-state index is 6.16. The molecule has 0 saturated carbocycles. The summed E-state index contributed by atoms with van der Waals surface area (Å²) in [4.78, 5) is 4.05. The molecule has 7 heteroatoms.